The Hall–Kier alpha value is -1.80. The van der Waals surface area contributed by atoms with E-state index in [1.54, 1.807) is 18.2 Å². The van der Waals surface area contributed by atoms with E-state index in [9.17, 15) is 4.79 Å². The minimum atomic E-state index is -0.204. The van der Waals surface area contributed by atoms with Gasteiger partial charge in [-0.05, 0) is 34.1 Å². The number of halogens is 1. The Morgan fingerprint density at radius 2 is 2.26 bits per heavy atom. The molecule has 0 amide bonds. The Balaban J connectivity index is 2.28. The van der Waals surface area contributed by atoms with Gasteiger partial charge in [0.15, 0.2) is 11.0 Å². The van der Waals surface area contributed by atoms with Crippen LogP contribution in [-0.2, 0) is 0 Å². The van der Waals surface area contributed by atoms with Crippen molar-refractivity contribution >= 4 is 33.5 Å². The summed E-state index contributed by atoms with van der Waals surface area (Å²) in [5, 5.41) is 12.1. The summed E-state index contributed by atoms with van der Waals surface area (Å²) in [7, 11) is 0. The number of nitrogens with two attached hydrogens (primary N) is 1. The van der Waals surface area contributed by atoms with Crippen molar-refractivity contribution in [3.05, 3.63) is 50.9 Å². The molecular weight excluding hydrogens is 332 g/mol. The fourth-order valence-corrected chi connectivity index (χ4v) is 2.87. The van der Waals surface area contributed by atoms with Crippen LogP contribution in [0.4, 0.5) is 0 Å². The van der Waals surface area contributed by atoms with Crippen LogP contribution in [0.2, 0.25) is 0 Å². The van der Waals surface area contributed by atoms with Crippen LogP contribution < -0.4 is 11.3 Å². The highest BCUT2D eigenvalue weighted by Crippen LogP contribution is 2.28. The predicted octanol–water partition coefficient (Wildman–Crippen LogP) is 1.78. The first kappa shape index (κ1) is 13.6. The summed E-state index contributed by atoms with van der Waals surface area (Å²) in [6.07, 6.45) is 1.45. The van der Waals surface area contributed by atoms with Crippen LogP contribution in [0.3, 0.4) is 0 Å². The number of oxime groups is 1. The standard InChI is InChI=1S/C11H9BrN4O2S/c12-8-5-6(1-2-7(8)10(13)16-18)19-11-14-4-3-9(17)15-11/h1-5,18H,(H2,13,16)(H,14,15,17). The minimum absolute atomic E-state index is 0.0228. The van der Waals surface area contributed by atoms with Gasteiger partial charge in [0, 0.05) is 27.2 Å². The zero-order chi connectivity index (χ0) is 13.8. The molecule has 1 heterocycles. The number of hydrogen-bond donors (Lipinski definition) is 3. The lowest BCUT2D eigenvalue weighted by Gasteiger charge is -2.05. The summed E-state index contributed by atoms with van der Waals surface area (Å²) in [5.41, 5.74) is 5.90. The summed E-state index contributed by atoms with van der Waals surface area (Å²) < 4.78 is 0.686. The maximum Gasteiger partial charge on any atom is 0.251 e. The molecule has 0 radical (unpaired) electrons. The molecule has 6 nitrogen and oxygen atoms in total. The van der Waals surface area contributed by atoms with E-state index in [1.807, 2.05) is 0 Å². The van der Waals surface area contributed by atoms with Gasteiger partial charge in [0.2, 0.25) is 0 Å². The molecule has 1 aromatic carbocycles. The quantitative estimate of drug-likeness (QED) is 0.260. The summed E-state index contributed by atoms with van der Waals surface area (Å²) in [4.78, 5) is 18.7. The van der Waals surface area contributed by atoms with Gasteiger partial charge in [-0.1, -0.05) is 16.9 Å². The van der Waals surface area contributed by atoms with Gasteiger partial charge in [0.1, 0.15) is 0 Å². The third-order valence-electron chi connectivity index (χ3n) is 2.19. The van der Waals surface area contributed by atoms with Crippen molar-refractivity contribution in [1.82, 2.24) is 9.97 Å². The van der Waals surface area contributed by atoms with Gasteiger partial charge in [-0.15, -0.1) is 0 Å². The largest absolute Gasteiger partial charge is 0.409 e. The van der Waals surface area contributed by atoms with E-state index in [0.717, 1.165) is 4.90 Å². The molecule has 0 spiro atoms. The SMILES string of the molecule is N/C(=N/O)c1ccc(Sc2nccc(=O)[nH]2)cc1Br. The zero-order valence-corrected chi connectivity index (χ0v) is 11.9. The van der Waals surface area contributed by atoms with Gasteiger partial charge in [0.25, 0.3) is 5.56 Å². The predicted molar refractivity (Wildman–Crippen MR) is 75.6 cm³/mol. The molecule has 8 heteroatoms. The summed E-state index contributed by atoms with van der Waals surface area (Å²) in [5.74, 6) is 0.0228. The van der Waals surface area contributed by atoms with Crippen LogP contribution in [0.15, 0.2) is 54.9 Å². The normalized spacial score (nSPS) is 11.5. The van der Waals surface area contributed by atoms with E-state index in [0.29, 0.717) is 15.2 Å². The number of aromatic nitrogens is 2. The summed E-state index contributed by atoms with van der Waals surface area (Å²) >= 11 is 4.64. The first-order valence-electron chi connectivity index (χ1n) is 5.11. The van der Waals surface area contributed by atoms with Crippen molar-refractivity contribution in [2.75, 3.05) is 0 Å². The molecule has 4 N–H and O–H groups in total. The van der Waals surface area contributed by atoms with Crippen LogP contribution in [0.5, 0.6) is 0 Å². The lowest BCUT2D eigenvalue weighted by atomic mass is 10.2. The van der Waals surface area contributed by atoms with Crippen LogP contribution >= 0.6 is 27.7 Å². The van der Waals surface area contributed by atoms with E-state index < -0.39 is 0 Å². The van der Waals surface area contributed by atoms with Crippen molar-refractivity contribution in [3.8, 4) is 0 Å². The second kappa shape index (κ2) is 5.89. The highest BCUT2D eigenvalue weighted by atomic mass is 79.9. The van der Waals surface area contributed by atoms with Crippen molar-refractivity contribution in [2.24, 2.45) is 10.9 Å². The number of aromatic amines is 1. The van der Waals surface area contributed by atoms with Gasteiger partial charge < -0.3 is 15.9 Å². The average molecular weight is 341 g/mol. The van der Waals surface area contributed by atoms with Gasteiger partial charge in [-0.25, -0.2) is 4.98 Å². The smallest absolute Gasteiger partial charge is 0.251 e. The van der Waals surface area contributed by atoms with Gasteiger partial charge >= 0.3 is 0 Å². The first-order valence-corrected chi connectivity index (χ1v) is 6.71. The fraction of sp³-hybridized carbons (Fsp3) is 0. The highest BCUT2D eigenvalue weighted by molar-refractivity contribution is 9.10. The topological polar surface area (TPSA) is 104 Å². The van der Waals surface area contributed by atoms with Gasteiger partial charge in [-0.3, -0.25) is 4.79 Å². The van der Waals surface area contributed by atoms with E-state index in [4.69, 9.17) is 10.9 Å². The van der Waals surface area contributed by atoms with Crippen molar-refractivity contribution in [3.63, 3.8) is 0 Å². The van der Waals surface area contributed by atoms with Crippen LogP contribution in [0, 0.1) is 0 Å². The average Bonchev–Trinajstić information content (AvgIpc) is 2.38. The third-order valence-corrected chi connectivity index (χ3v) is 3.73. The van der Waals surface area contributed by atoms with Crippen molar-refractivity contribution in [1.29, 1.82) is 0 Å². The van der Waals surface area contributed by atoms with Gasteiger partial charge in [-0.2, -0.15) is 0 Å². The van der Waals surface area contributed by atoms with Crippen LogP contribution in [-0.4, -0.2) is 21.0 Å². The number of rotatable bonds is 3. The highest BCUT2D eigenvalue weighted by Gasteiger charge is 2.07. The molecule has 0 aliphatic carbocycles. The lowest BCUT2D eigenvalue weighted by Crippen LogP contribution is -2.13. The number of hydrogen-bond acceptors (Lipinski definition) is 5. The van der Waals surface area contributed by atoms with E-state index in [1.165, 1.54) is 24.0 Å². The third kappa shape index (κ3) is 3.36. The molecule has 0 bridgehead atoms. The second-order valence-corrected chi connectivity index (χ2v) is 5.38. The number of nitrogens with zero attached hydrogens (tertiary/aromatic N) is 2. The molecule has 2 rings (SSSR count). The maximum absolute atomic E-state index is 11.2. The molecule has 0 aliphatic rings. The second-order valence-electron chi connectivity index (χ2n) is 3.47. The number of benzene rings is 1. The summed E-state index contributed by atoms with van der Waals surface area (Å²) in [6, 6.07) is 6.64. The van der Waals surface area contributed by atoms with Crippen LogP contribution in [0.25, 0.3) is 0 Å². The first-order chi connectivity index (χ1) is 9.10. The number of amidine groups is 1. The van der Waals surface area contributed by atoms with Crippen molar-refractivity contribution < 1.29 is 5.21 Å². The molecule has 2 aromatic rings. The van der Waals surface area contributed by atoms with E-state index in [-0.39, 0.29) is 11.4 Å². The Morgan fingerprint density at radius 3 is 2.89 bits per heavy atom. The minimum Gasteiger partial charge on any atom is -0.409 e. The Bertz CT molecular complexity index is 686. The molecule has 0 saturated heterocycles. The molecule has 0 atom stereocenters. The number of nitrogens with one attached hydrogen (secondary N) is 1. The molecule has 0 fully saturated rings. The zero-order valence-electron chi connectivity index (χ0n) is 9.50. The lowest BCUT2D eigenvalue weighted by molar-refractivity contribution is 0.318. The molecule has 98 valence electrons. The van der Waals surface area contributed by atoms with E-state index >= 15 is 0 Å². The molecule has 19 heavy (non-hydrogen) atoms. The molecule has 1 aromatic heterocycles. The molecular formula is C11H9BrN4O2S. The number of H-pyrrole nitrogens is 1. The molecule has 0 aliphatic heterocycles. The molecule has 0 unspecified atom stereocenters. The Labute approximate surface area is 120 Å². The summed E-state index contributed by atoms with van der Waals surface area (Å²) in [6.45, 7) is 0. The Kier molecular flexibility index (Phi) is 4.23. The fourth-order valence-electron chi connectivity index (χ4n) is 1.34. The maximum atomic E-state index is 11.2. The van der Waals surface area contributed by atoms with Gasteiger partial charge in [0.05, 0.1) is 0 Å². The van der Waals surface area contributed by atoms with Crippen LogP contribution in [0.1, 0.15) is 5.56 Å². The Morgan fingerprint density at radius 1 is 1.47 bits per heavy atom. The van der Waals surface area contributed by atoms with E-state index in [2.05, 4.69) is 31.1 Å². The van der Waals surface area contributed by atoms with Crippen molar-refractivity contribution in [2.45, 2.75) is 10.1 Å². The monoisotopic (exact) mass is 340 g/mol. The molecule has 0 saturated carbocycles.